The third-order valence-electron chi connectivity index (χ3n) is 3.30. The molecule has 0 bridgehead atoms. The molecule has 0 unspecified atom stereocenters. The molecule has 110 valence electrons. The quantitative estimate of drug-likeness (QED) is 0.800. The number of carbonyl (C=O) groups is 1. The number of hydrogen-bond acceptors (Lipinski definition) is 4. The molecule has 0 aliphatic carbocycles. The Labute approximate surface area is 126 Å². The van der Waals surface area contributed by atoms with Crippen LogP contribution in [0.15, 0.2) is 54.7 Å². The zero-order valence-corrected chi connectivity index (χ0v) is 11.8. The van der Waals surface area contributed by atoms with Crippen LogP contribution in [0.25, 0.3) is 16.8 Å². The van der Waals surface area contributed by atoms with Crippen molar-refractivity contribution in [1.82, 2.24) is 15.0 Å². The Morgan fingerprint density at radius 2 is 1.86 bits per heavy atom. The molecule has 0 saturated carbocycles. The number of para-hydroxylation sites is 1. The van der Waals surface area contributed by atoms with Crippen LogP contribution in [0.2, 0.25) is 0 Å². The highest BCUT2D eigenvalue weighted by molar-refractivity contribution is 5.85. The van der Waals surface area contributed by atoms with Crippen LogP contribution in [0.3, 0.4) is 0 Å². The highest BCUT2D eigenvalue weighted by Crippen LogP contribution is 2.30. The van der Waals surface area contributed by atoms with E-state index in [9.17, 15) is 4.79 Å². The summed E-state index contributed by atoms with van der Waals surface area (Å²) in [6.07, 6.45) is 1.22. The molecular weight excluding hydrogens is 282 g/mol. The van der Waals surface area contributed by atoms with Crippen molar-refractivity contribution in [2.45, 2.75) is 0 Å². The normalized spacial score (nSPS) is 10.4. The lowest BCUT2D eigenvalue weighted by molar-refractivity contribution is 0.0687. The average molecular weight is 295 g/mol. The average Bonchev–Trinajstić information content (AvgIpc) is 3.05. The van der Waals surface area contributed by atoms with E-state index in [1.807, 2.05) is 36.4 Å². The number of hydrogen-bond donors (Lipinski definition) is 1. The van der Waals surface area contributed by atoms with Crippen molar-refractivity contribution in [3.8, 4) is 22.6 Å². The van der Waals surface area contributed by atoms with E-state index < -0.39 is 5.97 Å². The first-order valence-electron chi connectivity index (χ1n) is 6.58. The van der Waals surface area contributed by atoms with E-state index in [-0.39, 0.29) is 5.69 Å². The van der Waals surface area contributed by atoms with E-state index in [1.165, 1.54) is 10.9 Å². The van der Waals surface area contributed by atoms with Crippen molar-refractivity contribution in [3.05, 3.63) is 60.4 Å². The Kier molecular flexibility index (Phi) is 3.57. The van der Waals surface area contributed by atoms with Gasteiger partial charge in [0.15, 0.2) is 5.69 Å². The summed E-state index contributed by atoms with van der Waals surface area (Å²) >= 11 is 0. The maximum atomic E-state index is 11.1. The molecule has 0 atom stereocenters. The number of ether oxygens (including phenoxy) is 1. The summed E-state index contributed by atoms with van der Waals surface area (Å²) in [5.41, 5.74) is 2.59. The number of benzene rings is 2. The zero-order valence-electron chi connectivity index (χ0n) is 11.8. The van der Waals surface area contributed by atoms with Gasteiger partial charge in [0.25, 0.3) is 0 Å². The van der Waals surface area contributed by atoms with Gasteiger partial charge in [-0.05, 0) is 23.8 Å². The summed E-state index contributed by atoms with van der Waals surface area (Å²) < 4.78 is 6.63. The van der Waals surface area contributed by atoms with Crippen molar-refractivity contribution in [2.24, 2.45) is 0 Å². The van der Waals surface area contributed by atoms with Crippen LogP contribution in [0.5, 0.6) is 5.75 Å². The van der Waals surface area contributed by atoms with Gasteiger partial charge in [-0.2, -0.15) is 0 Å². The van der Waals surface area contributed by atoms with Gasteiger partial charge in [-0.25, -0.2) is 9.48 Å². The highest BCUT2D eigenvalue weighted by Gasteiger charge is 2.13. The molecule has 0 radical (unpaired) electrons. The van der Waals surface area contributed by atoms with Crippen molar-refractivity contribution in [1.29, 1.82) is 0 Å². The minimum Gasteiger partial charge on any atom is -0.496 e. The highest BCUT2D eigenvalue weighted by atomic mass is 16.5. The number of carboxylic acids is 1. The van der Waals surface area contributed by atoms with Crippen molar-refractivity contribution < 1.29 is 14.6 Å². The molecule has 0 spiro atoms. The Bertz CT molecular complexity index is 810. The van der Waals surface area contributed by atoms with Crippen molar-refractivity contribution in [3.63, 3.8) is 0 Å². The van der Waals surface area contributed by atoms with Crippen LogP contribution in [0.4, 0.5) is 0 Å². The van der Waals surface area contributed by atoms with Gasteiger partial charge < -0.3 is 9.84 Å². The van der Waals surface area contributed by atoms with Gasteiger partial charge >= 0.3 is 5.97 Å². The fourth-order valence-corrected chi connectivity index (χ4v) is 2.24. The van der Waals surface area contributed by atoms with Gasteiger partial charge in [-0.3, -0.25) is 0 Å². The van der Waals surface area contributed by atoms with Gasteiger partial charge in [0.2, 0.25) is 0 Å². The number of aromatic carboxylic acids is 1. The van der Waals surface area contributed by atoms with E-state index in [2.05, 4.69) is 10.3 Å². The smallest absolute Gasteiger partial charge is 0.356 e. The van der Waals surface area contributed by atoms with Crippen LogP contribution in [0.1, 0.15) is 10.5 Å². The number of rotatable bonds is 4. The summed E-state index contributed by atoms with van der Waals surface area (Å²) in [6, 6.07) is 15.1. The summed E-state index contributed by atoms with van der Waals surface area (Å²) in [6.45, 7) is 0. The lowest BCUT2D eigenvalue weighted by Crippen LogP contribution is -2.07. The van der Waals surface area contributed by atoms with Crippen molar-refractivity contribution >= 4 is 5.97 Å². The van der Waals surface area contributed by atoms with Gasteiger partial charge in [-0.1, -0.05) is 35.5 Å². The van der Waals surface area contributed by atoms with Gasteiger partial charge in [0.05, 0.1) is 19.0 Å². The zero-order chi connectivity index (χ0) is 15.5. The topological polar surface area (TPSA) is 77.2 Å². The maximum absolute atomic E-state index is 11.1. The fraction of sp³-hybridized carbons (Fsp3) is 0.0625. The van der Waals surface area contributed by atoms with Crippen LogP contribution in [-0.4, -0.2) is 33.2 Å². The molecule has 3 aromatic rings. The second-order valence-electron chi connectivity index (χ2n) is 4.58. The van der Waals surface area contributed by atoms with E-state index in [0.717, 1.165) is 16.9 Å². The fourth-order valence-electron chi connectivity index (χ4n) is 2.24. The van der Waals surface area contributed by atoms with Gasteiger partial charge in [0, 0.05) is 5.56 Å². The van der Waals surface area contributed by atoms with Crippen LogP contribution in [0, 0.1) is 0 Å². The number of carboxylic acid groups (broad SMARTS) is 1. The minimum atomic E-state index is -1.07. The molecule has 1 aromatic heterocycles. The Morgan fingerprint density at radius 3 is 2.55 bits per heavy atom. The molecule has 3 rings (SSSR count). The minimum absolute atomic E-state index is 0.0186. The molecule has 0 aliphatic rings. The van der Waals surface area contributed by atoms with E-state index in [0.29, 0.717) is 5.69 Å². The van der Waals surface area contributed by atoms with Crippen LogP contribution in [-0.2, 0) is 0 Å². The molecule has 0 fully saturated rings. The summed E-state index contributed by atoms with van der Waals surface area (Å²) in [5.74, 6) is -0.291. The predicted octanol–water partition coefficient (Wildman–Crippen LogP) is 2.64. The maximum Gasteiger partial charge on any atom is 0.356 e. The first-order chi connectivity index (χ1) is 10.7. The standard InChI is InChI=1S/C16H13N3O3/c1-22-15-5-3-2-4-13(15)11-6-8-12(9-7-11)19-14(16(20)21)10-17-18-19/h2-10H,1H3,(H,20,21). The van der Waals surface area contributed by atoms with Crippen LogP contribution < -0.4 is 4.74 Å². The molecular formula is C16H13N3O3. The molecule has 6 heteroatoms. The molecule has 1 N–H and O–H groups in total. The summed E-state index contributed by atoms with van der Waals surface area (Å²) in [5, 5.41) is 16.5. The third-order valence-corrected chi connectivity index (χ3v) is 3.30. The first kappa shape index (κ1) is 13.8. The molecule has 0 aliphatic heterocycles. The number of aromatic nitrogens is 3. The molecule has 0 amide bonds. The van der Waals surface area contributed by atoms with Crippen LogP contribution >= 0.6 is 0 Å². The second kappa shape index (κ2) is 5.69. The van der Waals surface area contributed by atoms with E-state index >= 15 is 0 Å². The summed E-state index contributed by atoms with van der Waals surface area (Å²) in [4.78, 5) is 11.1. The summed E-state index contributed by atoms with van der Waals surface area (Å²) in [7, 11) is 1.63. The Hall–Kier alpha value is -3.15. The molecule has 22 heavy (non-hydrogen) atoms. The molecule has 6 nitrogen and oxygen atoms in total. The Morgan fingerprint density at radius 1 is 1.14 bits per heavy atom. The number of nitrogens with zero attached hydrogens (tertiary/aromatic N) is 3. The molecule has 0 saturated heterocycles. The van der Waals surface area contributed by atoms with E-state index in [4.69, 9.17) is 9.84 Å². The monoisotopic (exact) mass is 295 g/mol. The lowest BCUT2D eigenvalue weighted by Gasteiger charge is -2.09. The number of methoxy groups -OCH3 is 1. The third kappa shape index (κ3) is 2.42. The van der Waals surface area contributed by atoms with E-state index in [1.54, 1.807) is 19.2 Å². The molecule has 1 heterocycles. The second-order valence-corrected chi connectivity index (χ2v) is 4.58. The largest absolute Gasteiger partial charge is 0.496 e. The SMILES string of the molecule is COc1ccccc1-c1ccc(-n2nncc2C(=O)O)cc1. The van der Waals surface area contributed by atoms with Gasteiger partial charge in [0.1, 0.15) is 5.75 Å². The Balaban J connectivity index is 2.00. The van der Waals surface area contributed by atoms with Crippen molar-refractivity contribution in [2.75, 3.05) is 7.11 Å². The predicted molar refractivity (Wildman–Crippen MR) is 80.3 cm³/mol. The molecule has 2 aromatic carbocycles. The van der Waals surface area contributed by atoms with Gasteiger partial charge in [-0.15, -0.1) is 5.10 Å². The lowest BCUT2D eigenvalue weighted by atomic mass is 10.0. The first-order valence-corrected chi connectivity index (χ1v) is 6.58.